The van der Waals surface area contributed by atoms with Gasteiger partial charge >= 0.3 is 0 Å². The van der Waals surface area contributed by atoms with Crippen molar-refractivity contribution in [2.24, 2.45) is 0 Å². The van der Waals surface area contributed by atoms with Crippen molar-refractivity contribution in [2.75, 3.05) is 33.0 Å². The second-order valence-corrected chi connectivity index (χ2v) is 9.17. The number of nitrogens with zero attached hydrogens (tertiary/aromatic N) is 2. The van der Waals surface area contributed by atoms with Crippen molar-refractivity contribution in [2.45, 2.75) is 50.0 Å². The molecule has 1 aromatic rings. The molecule has 25 heavy (non-hydrogen) atoms. The molecule has 0 unspecified atom stereocenters. The van der Waals surface area contributed by atoms with Crippen molar-refractivity contribution < 1.29 is 13.2 Å². The zero-order valence-corrected chi connectivity index (χ0v) is 16.4. The van der Waals surface area contributed by atoms with Crippen LogP contribution < -0.4 is 5.32 Å². The molecule has 1 aliphatic carbocycles. The van der Waals surface area contributed by atoms with Crippen LogP contribution in [0.2, 0.25) is 0 Å². The lowest BCUT2D eigenvalue weighted by Gasteiger charge is -2.30. The molecule has 0 spiro atoms. The molecule has 7 heteroatoms. The minimum Gasteiger partial charge on any atom is -0.325 e. The maximum atomic E-state index is 12.4. The molecule has 1 aliphatic rings. The van der Waals surface area contributed by atoms with Crippen LogP contribution in [-0.4, -0.2) is 57.3 Å². The molecule has 0 heterocycles. The van der Waals surface area contributed by atoms with Crippen LogP contribution in [0.1, 0.15) is 37.7 Å². The molecule has 6 nitrogen and oxygen atoms in total. The van der Waals surface area contributed by atoms with Gasteiger partial charge in [0.1, 0.15) is 0 Å². The van der Waals surface area contributed by atoms with Gasteiger partial charge in [0.2, 0.25) is 15.9 Å². The molecule has 0 aromatic heterocycles. The fourth-order valence-corrected chi connectivity index (χ4v) is 4.10. The summed E-state index contributed by atoms with van der Waals surface area (Å²) >= 11 is 0. The summed E-state index contributed by atoms with van der Waals surface area (Å²) in [6.45, 7) is 2.17. The van der Waals surface area contributed by atoms with Gasteiger partial charge in [-0.1, -0.05) is 25.3 Å². The van der Waals surface area contributed by atoms with Crippen molar-refractivity contribution in [3.63, 3.8) is 0 Å². The number of rotatable bonds is 6. The average Bonchev–Trinajstić information content (AvgIpc) is 2.57. The van der Waals surface area contributed by atoms with Gasteiger partial charge in [0.25, 0.3) is 0 Å². The Morgan fingerprint density at radius 3 is 2.40 bits per heavy atom. The summed E-state index contributed by atoms with van der Waals surface area (Å²) < 4.78 is 25.7. The summed E-state index contributed by atoms with van der Waals surface area (Å²) in [7, 11) is 1.45. The van der Waals surface area contributed by atoms with E-state index in [2.05, 4.69) is 10.2 Å². The van der Waals surface area contributed by atoms with Gasteiger partial charge in [0.15, 0.2) is 0 Å². The van der Waals surface area contributed by atoms with Crippen LogP contribution in [0.4, 0.5) is 5.69 Å². The number of hydrogen-bond donors (Lipinski definition) is 1. The largest absolute Gasteiger partial charge is 0.325 e. The second-order valence-electron chi connectivity index (χ2n) is 7.02. The molecule has 1 amide bonds. The van der Waals surface area contributed by atoms with Crippen LogP contribution in [0.5, 0.6) is 0 Å². The summed E-state index contributed by atoms with van der Waals surface area (Å²) in [5.74, 6) is -0.115. The van der Waals surface area contributed by atoms with Crippen LogP contribution in [0, 0.1) is 6.92 Å². The van der Waals surface area contributed by atoms with Gasteiger partial charge in [0.05, 0.1) is 11.4 Å². The molecule has 1 saturated carbocycles. The number of sulfonamides is 1. The van der Waals surface area contributed by atoms with E-state index in [1.54, 1.807) is 12.1 Å². The van der Waals surface area contributed by atoms with E-state index in [1.807, 2.05) is 14.0 Å². The molecule has 1 N–H and O–H groups in total. The van der Waals surface area contributed by atoms with Gasteiger partial charge in [-0.05, 0) is 44.5 Å². The molecular weight excluding hydrogens is 338 g/mol. The van der Waals surface area contributed by atoms with Crippen LogP contribution in [-0.2, 0) is 14.8 Å². The van der Waals surface area contributed by atoms with E-state index < -0.39 is 10.0 Å². The number of nitrogens with one attached hydrogen (secondary N) is 1. The second kappa shape index (κ2) is 8.29. The quantitative estimate of drug-likeness (QED) is 0.838. The number of benzene rings is 1. The van der Waals surface area contributed by atoms with E-state index in [-0.39, 0.29) is 10.8 Å². The SMILES string of the molecule is Cc1ccc(S(=O)(=O)N(C)C)cc1NC(=O)CN(C)C1CCCCC1. The lowest BCUT2D eigenvalue weighted by atomic mass is 9.94. The third-order valence-electron chi connectivity index (χ3n) is 4.85. The van der Waals surface area contributed by atoms with E-state index >= 15 is 0 Å². The van der Waals surface area contributed by atoms with Crippen LogP contribution in [0.25, 0.3) is 0 Å². The molecule has 1 fully saturated rings. The minimum absolute atomic E-state index is 0.115. The Bertz CT molecular complexity index is 710. The fourth-order valence-electron chi connectivity index (χ4n) is 3.17. The Labute approximate surface area is 151 Å². The molecule has 0 radical (unpaired) electrons. The summed E-state index contributed by atoms with van der Waals surface area (Å²) in [5.41, 5.74) is 1.39. The fraction of sp³-hybridized carbons (Fsp3) is 0.611. The maximum absolute atomic E-state index is 12.4. The Hall–Kier alpha value is -1.44. The molecule has 140 valence electrons. The molecule has 0 bridgehead atoms. The summed E-state index contributed by atoms with van der Waals surface area (Å²) in [5, 5.41) is 2.87. The zero-order chi connectivity index (χ0) is 18.6. The number of hydrogen-bond acceptors (Lipinski definition) is 4. The number of carbonyl (C=O) groups is 1. The van der Waals surface area contributed by atoms with Crippen molar-refractivity contribution in [1.29, 1.82) is 0 Å². The first-order chi connectivity index (χ1) is 11.7. The van der Waals surface area contributed by atoms with Crippen molar-refractivity contribution >= 4 is 21.6 Å². The number of likely N-dealkylation sites (N-methyl/N-ethyl adjacent to an activating group) is 1. The van der Waals surface area contributed by atoms with E-state index in [0.717, 1.165) is 18.4 Å². The first-order valence-corrected chi connectivity index (χ1v) is 10.2. The van der Waals surface area contributed by atoms with Crippen LogP contribution >= 0.6 is 0 Å². The molecule has 2 rings (SSSR count). The zero-order valence-electron chi connectivity index (χ0n) is 15.6. The highest BCUT2D eigenvalue weighted by Crippen LogP contribution is 2.23. The van der Waals surface area contributed by atoms with E-state index in [9.17, 15) is 13.2 Å². The topological polar surface area (TPSA) is 69.7 Å². The van der Waals surface area contributed by atoms with E-state index in [4.69, 9.17) is 0 Å². The Morgan fingerprint density at radius 1 is 1.16 bits per heavy atom. The van der Waals surface area contributed by atoms with Crippen molar-refractivity contribution in [1.82, 2.24) is 9.21 Å². The molecular formula is C18H29N3O3S. The molecule has 0 saturated heterocycles. The first kappa shape index (κ1) is 19.9. The smallest absolute Gasteiger partial charge is 0.242 e. The molecule has 1 aromatic carbocycles. The van der Waals surface area contributed by atoms with Crippen LogP contribution in [0.15, 0.2) is 23.1 Å². The highest BCUT2D eigenvalue weighted by atomic mass is 32.2. The van der Waals surface area contributed by atoms with Gasteiger partial charge in [-0.15, -0.1) is 0 Å². The first-order valence-electron chi connectivity index (χ1n) is 8.75. The summed E-state index contributed by atoms with van der Waals surface area (Å²) in [6.07, 6.45) is 6.00. The Kier molecular flexibility index (Phi) is 6.59. The number of amides is 1. The van der Waals surface area contributed by atoms with Gasteiger partial charge in [-0.2, -0.15) is 0 Å². The monoisotopic (exact) mass is 367 g/mol. The summed E-state index contributed by atoms with van der Waals surface area (Å²) in [4.78, 5) is 14.7. The van der Waals surface area contributed by atoms with Crippen molar-refractivity contribution in [3.05, 3.63) is 23.8 Å². The number of anilines is 1. The molecule has 0 aliphatic heterocycles. The number of aryl methyl sites for hydroxylation is 1. The normalized spacial score (nSPS) is 16.4. The highest BCUT2D eigenvalue weighted by molar-refractivity contribution is 7.89. The predicted octanol–water partition coefficient (Wildman–Crippen LogP) is 2.45. The van der Waals surface area contributed by atoms with Gasteiger partial charge in [0, 0.05) is 25.8 Å². The third kappa shape index (κ3) is 5.03. The maximum Gasteiger partial charge on any atom is 0.242 e. The average molecular weight is 368 g/mol. The van der Waals surface area contributed by atoms with Crippen LogP contribution in [0.3, 0.4) is 0 Å². The Balaban J connectivity index is 2.07. The molecule has 0 atom stereocenters. The minimum atomic E-state index is -3.52. The van der Waals surface area contributed by atoms with Gasteiger partial charge < -0.3 is 5.32 Å². The van der Waals surface area contributed by atoms with E-state index in [1.165, 1.54) is 43.7 Å². The Morgan fingerprint density at radius 2 is 1.80 bits per heavy atom. The number of carbonyl (C=O) groups excluding carboxylic acids is 1. The van der Waals surface area contributed by atoms with Gasteiger partial charge in [-0.3, -0.25) is 9.69 Å². The standard InChI is InChI=1S/C18H29N3O3S/c1-14-10-11-16(25(23,24)20(2)3)12-17(14)19-18(22)13-21(4)15-8-6-5-7-9-15/h10-12,15H,5-9,13H2,1-4H3,(H,19,22). The highest BCUT2D eigenvalue weighted by Gasteiger charge is 2.21. The summed E-state index contributed by atoms with van der Waals surface area (Å²) in [6, 6.07) is 5.27. The third-order valence-corrected chi connectivity index (χ3v) is 6.66. The lowest BCUT2D eigenvalue weighted by Crippen LogP contribution is -2.39. The predicted molar refractivity (Wildman–Crippen MR) is 100 cm³/mol. The van der Waals surface area contributed by atoms with E-state index in [0.29, 0.717) is 18.3 Å². The van der Waals surface area contributed by atoms with Crippen molar-refractivity contribution in [3.8, 4) is 0 Å². The van der Waals surface area contributed by atoms with Gasteiger partial charge in [-0.25, -0.2) is 12.7 Å². The lowest BCUT2D eigenvalue weighted by molar-refractivity contribution is -0.117.